The predicted molar refractivity (Wildman–Crippen MR) is 136 cm³/mol. The second-order valence-electron chi connectivity index (χ2n) is 8.73. The molecule has 3 aromatic heterocycles. The zero-order valence-corrected chi connectivity index (χ0v) is 20.6. The van der Waals surface area contributed by atoms with Crippen molar-refractivity contribution in [3.8, 4) is 5.75 Å². The molecule has 1 aliphatic rings. The third kappa shape index (κ3) is 4.74. The number of anilines is 1. The van der Waals surface area contributed by atoms with Crippen molar-refractivity contribution in [1.82, 2.24) is 23.9 Å². The van der Waals surface area contributed by atoms with Crippen molar-refractivity contribution in [3.63, 3.8) is 0 Å². The van der Waals surface area contributed by atoms with E-state index < -0.39 is 10.0 Å². The summed E-state index contributed by atoms with van der Waals surface area (Å²) in [6.07, 6.45) is 6.99. The molecule has 0 aliphatic carbocycles. The molecule has 1 unspecified atom stereocenters. The standard InChI is InChI=1S/C24H27BN6O3S/c1-34-19-7-2-8-20(11-19)35(32,33)30-10-4-6-18(16-30)22-12-23(27-14-17-5-3-9-26-13-17)31-24(29-22)21(25)15-28-31/h2-3,5,7-9,11-13,15,18,27H,4,6,10,14,16,25H2,1H3. The van der Waals surface area contributed by atoms with Crippen LogP contribution >= 0.6 is 0 Å². The van der Waals surface area contributed by atoms with Gasteiger partial charge in [0.25, 0.3) is 0 Å². The molecule has 1 atom stereocenters. The van der Waals surface area contributed by atoms with Crippen LogP contribution in [0.1, 0.15) is 30.0 Å². The molecule has 0 spiro atoms. The van der Waals surface area contributed by atoms with Gasteiger partial charge in [0.15, 0.2) is 5.65 Å². The van der Waals surface area contributed by atoms with Gasteiger partial charge in [-0.3, -0.25) is 4.98 Å². The van der Waals surface area contributed by atoms with Crippen LogP contribution in [0.25, 0.3) is 5.65 Å². The van der Waals surface area contributed by atoms with Crippen LogP contribution in [0.5, 0.6) is 5.75 Å². The van der Waals surface area contributed by atoms with Gasteiger partial charge in [0.1, 0.15) is 19.4 Å². The molecule has 1 saturated heterocycles. The summed E-state index contributed by atoms with van der Waals surface area (Å²) in [6, 6.07) is 12.5. The maximum Gasteiger partial charge on any atom is 0.243 e. The minimum Gasteiger partial charge on any atom is -0.497 e. The number of fused-ring (bicyclic) bond motifs is 1. The Labute approximate surface area is 205 Å². The van der Waals surface area contributed by atoms with Gasteiger partial charge in [-0.1, -0.05) is 12.1 Å². The van der Waals surface area contributed by atoms with Crippen LogP contribution < -0.4 is 15.5 Å². The fourth-order valence-electron chi connectivity index (χ4n) is 4.43. The lowest BCUT2D eigenvalue weighted by Gasteiger charge is -2.32. The molecule has 1 fully saturated rings. The average Bonchev–Trinajstić information content (AvgIpc) is 3.28. The smallest absolute Gasteiger partial charge is 0.243 e. The number of rotatable bonds is 7. The molecule has 35 heavy (non-hydrogen) atoms. The highest BCUT2D eigenvalue weighted by Crippen LogP contribution is 2.31. The molecule has 0 amide bonds. The van der Waals surface area contributed by atoms with Crippen LogP contribution in [0.2, 0.25) is 0 Å². The molecule has 1 N–H and O–H groups in total. The number of piperidine rings is 1. The number of benzene rings is 1. The lowest BCUT2D eigenvalue weighted by molar-refractivity contribution is 0.312. The molecule has 1 aliphatic heterocycles. The van der Waals surface area contributed by atoms with E-state index in [9.17, 15) is 8.42 Å². The van der Waals surface area contributed by atoms with E-state index in [1.807, 2.05) is 32.2 Å². The normalized spacial score (nSPS) is 16.9. The quantitative estimate of drug-likeness (QED) is 0.393. The highest BCUT2D eigenvalue weighted by molar-refractivity contribution is 7.89. The van der Waals surface area contributed by atoms with Crippen molar-refractivity contribution in [1.29, 1.82) is 0 Å². The van der Waals surface area contributed by atoms with Crippen LogP contribution in [0.15, 0.2) is 66.0 Å². The topological polar surface area (TPSA) is 102 Å². The Balaban J connectivity index is 1.44. The van der Waals surface area contributed by atoms with E-state index in [4.69, 9.17) is 9.72 Å². The summed E-state index contributed by atoms with van der Waals surface area (Å²) in [5.74, 6) is 1.31. The molecule has 180 valence electrons. The first-order chi connectivity index (χ1) is 17.0. The van der Waals surface area contributed by atoms with E-state index in [1.54, 1.807) is 45.5 Å². The number of sulfonamides is 1. The first kappa shape index (κ1) is 23.3. The Hall–Kier alpha value is -3.44. The minimum absolute atomic E-state index is 0.0256. The average molecular weight is 490 g/mol. The number of pyridine rings is 1. The second-order valence-corrected chi connectivity index (χ2v) is 10.7. The van der Waals surface area contributed by atoms with Gasteiger partial charge in [0.2, 0.25) is 10.0 Å². The van der Waals surface area contributed by atoms with E-state index in [0.717, 1.165) is 41.0 Å². The largest absolute Gasteiger partial charge is 0.497 e. The Bertz CT molecular complexity index is 1440. The van der Waals surface area contributed by atoms with Crippen molar-refractivity contribution in [2.45, 2.75) is 30.2 Å². The van der Waals surface area contributed by atoms with Gasteiger partial charge in [0.05, 0.1) is 17.7 Å². The van der Waals surface area contributed by atoms with E-state index in [-0.39, 0.29) is 10.8 Å². The summed E-state index contributed by atoms with van der Waals surface area (Å²) in [6.45, 7) is 1.44. The van der Waals surface area contributed by atoms with Gasteiger partial charge in [0, 0.05) is 56.3 Å². The monoisotopic (exact) mass is 490 g/mol. The number of nitrogens with one attached hydrogen (secondary N) is 1. The maximum absolute atomic E-state index is 13.4. The molecule has 1 aromatic carbocycles. The zero-order chi connectivity index (χ0) is 24.4. The Morgan fingerprint density at radius 3 is 2.89 bits per heavy atom. The van der Waals surface area contributed by atoms with Crippen molar-refractivity contribution in [2.24, 2.45) is 0 Å². The molecule has 4 heterocycles. The second kappa shape index (κ2) is 9.67. The third-order valence-corrected chi connectivity index (χ3v) is 8.21. The van der Waals surface area contributed by atoms with Crippen molar-refractivity contribution in [3.05, 3.63) is 72.3 Å². The number of hydrogen-bond donors (Lipinski definition) is 1. The number of methoxy groups -OCH3 is 1. The molecule has 11 heteroatoms. The summed E-state index contributed by atoms with van der Waals surface area (Å²) >= 11 is 0. The van der Waals surface area contributed by atoms with Gasteiger partial charge in [-0.25, -0.2) is 13.4 Å². The van der Waals surface area contributed by atoms with Gasteiger partial charge in [-0.2, -0.15) is 13.9 Å². The van der Waals surface area contributed by atoms with Crippen LogP contribution in [0.3, 0.4) is 0 Å². The van der Waals surface area contributed by atoms with E-state index in [0.29, 0.717) is 25.4 Å². The fraction of sp³-hybridized carbons (Fsp3) is 0.292. The van der Waals surface area contributed by atoms with Gasteiger partial charge >= 0.3 is 0 Å². The van der Waals surface area contributed by atoms with Crippen molar-refractivity contribution >= 4 is 34.8 Å². The molecule has 0 radical (unpaired) electrons. The molecule has 9 nitrogen and oxygen atoms in total. The lowest BCUT2D eigenvalue weighted by atomic mass is 9.95. The molecule has 4 aromatic rings. The highest BCUT2D eigenvalue weighted by atomic mass is 32.2. The summed E-state index contributed by atoms with van der Waals surface area (Å²) < 4.78 is 35.4. The van der Waals surface area contributed by atoms with Crippen molar-refractivity contribution in [2.75, 3.05) is 25.5 Å². The lowest BCUT2D eigenvalue weighted by Crippen LogP contribution is -2.39. The fourth-order valence-corrected chi connectivity index (χ4v) is 5.99. The Morgan fingerprint density at radius 2 is 2.09 bits per heavy atom. The number of ether oxygens (including phenoxy) is 1. The van der Waals surface area contributed by atoms with E-state index >= 15 is 0 Å². The van der Waals surface area contributed by atoms with Crippen LogP contribution in [-0.2, 0) is 16.6 Å². The van der Waals surface area contributed by atoms with Gasteiger partial charge < -0.3 is 10.1 Å². The first-order valence-electron chi connectivity index (χ1n) is 11.6. The van der Waals surface area contributed by atoms with E-state index in [1.165, 1.54) is 7.11 Å². The van der Waals surface area contributed by atoms with E-state index in [2.05, 4.69) is 15.4 Å². The summed E-state index contributed by atoms with van der Waals surface area (Å²) in [7, 11) is -0.139. The Kier molecular flexibility index (Phi) is 6.44. The summed E-state index contributed by atoms with van der Waals surface area (Å²) in [5.41, 5.74) is 3.65. The predicted octanol–water partition coefficient (Wildman–Crippen LogP) is 1.57. The van der Waals surface area contributed by atoms with Crippen molar-refractivity contribution < 1.29 is 13.2 Å². The number of hydrogen-bond acceptors (Lipinski definition) is 7. The SMILES string of the molecule is Bc1cnn2c(NCc3cccnc3)cc(C3CCCN(S(=O)(=O)c4cccc(OC)c4)C3)nc12. The zero-order valence-electron chi connectivity index (χ0n) is 19.8. The first-order valence-corrected chi connectivity index (χ1v) is 13.0. The molecule has 0 bridgehead atoms. The van der Waals surface area contributed by atoms with Gasteiger partial charge in [-0.15, -0.1) is 0 Å². The maximum atomic E-state index is 13.4. The Morgan fingerprint density at radius 1 is 1.20 bits per heavy atom. The van der Waals surface area contributed by atoms with Crippen LogP contribution in [0.4, 0.5) is 5.82 Å². The summed E-state index contributed by atoms with van der Waals surface area (Å²) in [4.78, 5) is 9.32. The molecular formula is C24H27BN6O3S. The number of nitrogens with zero attached hydrogens (tertiary/aromatic N) is 5. The van der Waals surface area contributed by atoms with Gasteiger partial charge in [-0.05, 0) is 42.1 Å². The minimum atomic E-state index is -3.65. The number of aromatic nitrogens is 4. The molecule has 0 saturated carbocycles. The molecular weight excluding hydrogens is 463 g/mol. The van der Waals surface area contributed by atoms with Crippen LogP contribution in [0, 0.1) is 0 Å². The van der Waals surface area contributed by atoms with Crippen LogP contribution in [-0.4, -0.2) is 60.4 Å². The highest BCUT2D eigenvalue weighted by Gasteiger charge is 2.32. The third-order valence-electron chi connectivity index (χ3n) is 6.35. The summed E-state index contributed by atoms with van der Waals surface area (Å²) in [5, 5.41) is 7.94. The molecule has 5 rings (SSSR count).